The zero-order valence-electron chi connectivity index (χ0n) is 11.1. The molecule has 0 aliphatic carbocycles. The van der Waals surface area contributed by atoms with E-state index >= 15 is 0 Å². The molecule has 1 fully saturated rings. The molecule has 5 heteroatoms. The highest BCUT2D eigenvalue weighted by atomic mass is 32.2. The molecule has 0 spiro atoms. The second kappa shape index (κ2) is 8.27. The van der Waals surface area contributed by atoms with Gasteiger partial charge in [-0.1, -0.05) is 0 Å². The predicted octanol–water partition coefficient (Wildman–Crippen LogP) is 1.68. The molecule has 0 bridgehead atoms. The molecule has 17 heavy (non-hydrogen) atoms. The predicted molar refractivity (Wildman–Crippen MR) is 79.0 cm³/mol. The van der Waals surface area contributed by atoms with Crippen molar-refractivity contribution in [1.29, 1.82) is 0 Å². The first kappa shape index (κ1) is 15.2. The van der Waals surface area contributed by atoms with Gasteiger partial charge in [-0.05, 0) is 39.1 Å². The fourth-order valence-electron chi connectivity index (χ4n) is 1.85. The molecule has 0 radical (unpaired) electrons. The van der Waals surface area contributed by atoms with Crippen molar-refractivity contribution in [3.8, 4) is 0 Å². The fraction of sp³-hybridized carbons (Fsp3) is 0.917. The van der Waals surface area contributed by atoms with Crippen molar-refractivity contribution < 1.29 is 4.79 Å². The van der Waals surface area contributed by atoms with Crippen LogP contribution in [0.3, 0.4) is 0 Å². The Bertz CT molecular complexity index is 233. The Balaban J connectivity index is 2.23. The first-order chi connectivity index (χ1) is 8.15. The van der Waals surface area contributed by atoms with Gasteiger partial charge in [0, 0.05) is 24.1 Å². The summed E-state index contributed by atoms with van der Waals surface area (Å²) in [4.78, 5) is 13.9. The summed E-state index contributed by atoms with van der Waals surface area (Å²) in [5.41, 5.74) is 0. The summed E-state index contributed by atoms with van der Waals surface area (Å²) in [6, 6.07) is 0.339. The van der Waals surface area contributed by atoms with E-state index in [1.807, 2.05) is 23.7 Å². The molecular formula is C12H24N2OS2. The van der Waals surface area contributed by atoms with E-state index < -0.39 is 0 Å². The van der Waals surface area contributed by atoms with Crippen molar-refractivity contribution in [3.05, 3.63) is 0 Å². The van der Waals surface area contributed by atoms with Crippen molar-refractivity contribution in [2.24, 2.45) is 0 Å². The number of nitrogens with zero attached hydrogens (tertiary/aromatic N) is 1. The maximum atomic E-state index is 12.0. The highest BCUT2D eigenvalue weighted by molar-refractivity contribution is 8.00. The normalized spacial score (nSPS) is 19.0. The molecule has 3 nitrogen and oxygen atoms in total. The number of hydrogen-bond donors (Lipinski definition) is 1. The monoisotopic (exact) mass is 276 g/mol. The number of rotatable bonds is 6. The Morgan fingerprint density at radius 3 is 2.71 bits per heavy atom. The van der Waals surface area contributed by atoms with Crippen molar-refractivity contribution in [1.82, 2.24) is 10.2 Å². The molecule has 1 aliphatic heterocycles. The van der Waals surface area contributed by atoms with E-state index in [0.29, 0.717) is 17.0 Å². The van der Waals surface area contributed by atoms with Gasteiger partial charge in [0.25, 0.3) is 0 Å². The van der Waals surface area contributed by atoms with E-state index in [4.69, 9.17) is 0 Å². The SMILES string of the molecule is CSCC(C)N(C)C(=O)CSC1CCNCC1. The largest absolute Gasteiger partial charge is 0.342 e. The highest BCUT2D eigenvalue weighted by Crippen LogP contribution is 2.20. The molecule has 1 atom stereocenters. The molecular weight excluding hydrogens is 252 g/mol. The molecule has 0 aromatic carbocycles. The summed E-state index contributed by atoms with van der Waals surface area (Å²) >= 11 is 3.62. The quantitative estimate of drug-likeness (QED) is 0.800. The Hall–Kier alpha value is 0.130. The van der Waals surface area contributed by atoms with E-state index in [2.05, 4.69) is 18.5 Å². The minimum absolute atomic E-state index is 0.273. The van der Waals surface area contributed by atoms with Gasteiger partial charge >= 0.3 is 0 Å². The standard InChI is InChI=1S/C12H24N2OS2/c1-10(8-16-3)14(2)12(15)9-17-11-4-6-13-7-5-11/h10-11,13H,4-9H2,1-3H3. The minimum Gasteiger partial charge on any atom is -0.342 e. The Kier molecular flexibility index (Phi) is 7.39. The number of carbonyl (C=O) groups is 1. The van der Waals surface area contributed by atoms with Crippen LogP contribution in [0.5, 0.6) is 0 Å². The van der Waals surface area contributed by atoms with Crippen LogP contribution in [0.1, 0.15) is 19.8 Å². The highest BCUT2D eigenvalue weighted by Gasteiger charge is 2.19. The topological polar surface area (TPSA) is 32.3 Å². The van der Waals surface area contributed by atoms with Gasteiger partial charge in [-0.3, -0.25) is 4.79 Å². The summed E-state index contributed by atoms with van der Waals surface area (Å²) in [6.07, 6.45) is 4.47. The number of hydrogen-bond acceptors (Lipinski definition) is 4. The minimum atomic E-state index is 0.273. The molecule has 0 aromatic heterocycles. The molecule has 1 N–H and O–H groups in total. The van der Waals surface area contributed by atoms with Crippen LogP contribution in [-0.4, -0.2) is 60.0 Å². The molecule has 0 aromatic rings. The lowest BCUT2D eigenvalue weighted by atomic mass is 10.2. The third-order valence-electron chi connectivity index (χ3n) is 3.19. The van der Waals surface area contributed by atoms with Gasteiger partial charge in [-0.2, -0.15) is 11.8 Å². The van der Waals surface area contributed by atoms with Crippen molar-refractivity contribution in [2.45, 2.75) is 31.1 Å². The number of carbonyl (C=O) groups excluding carboxylic acids is 1. The molecule has 1 saturated heterocycles. The zero-order valence-corrected chi connectivity index (χ0v) is 12.7. The summed E-state index contributed by atoms with van der Waals surface area (Å²) in [7, 11) is 1.92. The third-order valence-corrected chi connectivity index (χ3v) is 5.36. The molecule has 1 aliphatic rings. The summed E-state index contributed by atoms with van der Waals surface area (Å²) < 4.78 is 0. The molecule has 1 unspecified atom stereocenters. The van der Waals surface area contributed by atoms with E-state index in [-0.39, 0.29) is 5.91 Å². The van der Waals surface area contributed by atoms with Gasteiger partial charge in [0.05, 0.1) is 5.75 Å². The maximum absolute atomic E-state index is 12.0. The van der Waals surface area contributed by atoms with Crippen molar-refractivity contribution in [2.75, 3.05) is 37.9 Å². The molecule has 1 amide bonds. The van der Waals surface area contributed by atoms with E-state index in [9.17, 15) is 4.79 Å². The van der Waals surface area contributed by atoms with Gasteiger partial charge in [-0.25, -0.2) is 0 Å². The molecule has 1 heterocycles. The van der Waals surface area contributed by atoms with Crippen LogP contribution < -0.4 is 5.32 Å². The van der Waals surface area contributed by atoms with Crippen LogP contribution in [0.4, 0.5) is 0 Å². The molecule has 0 saturated carbocycles. The Morgan fingerprint density at radius 2 is 2.12 bits per heavy atom. The van der Waals surface area contributed by atoms with Gasteiger partial charge < -0.3 is 10.2 Å². The molecule has 100 valence electrons. The number of nitrogens with one attached hydrogen (secondary N) is 1. The van der Waals surface area contributed by atoms with Crippen LogP contribution in [0.15, 0.2) is 0 Å². The summed E-state index contributed by atoms with van der Waals surface area (Å²) in [5, 5.41) is 4.02. The van der Waals surface area contributed by atoms with E-state index in [1.165, 1.54) is 12.8 Å². The van der Waals surface area contributed by atoms with Gasteiger partial charge in [0.2, 0.25) is 5.91 Å². The lowest BCUT2D eigenvalue weighted by Gasteiger charge is -2.26. The smallest absolute Gasteiger partial charge is 0.232 e. The van der Waals surface area contributed by atoms with Crippen LogP contribution >= 0.6 is 23.5 Å². The first-order valence-corrected chi connectivity index (χ1v) is 8.66. The second-order valence-corrected chi connectivity index (χ2v) is 6.77. The number of piperidine rings is 1. The van der Waals surface area contributed by atoms with E-state index in [1.54, 1.807) is 11.8 Å². The first-order valence-electron chi connectivity index (χ1n) is 6.22. The average molecular weight is 276 g/mol. The Labute approximate surface area is 113 Å². The van der Waals surface area contributed by atoms with Crippen LogP contribution in [0.25, 0.3) is 0 Å². The number of thioether (sulfide) groups is 2. The summed E-state index contributed by atoms with van der Waals surface area (Å²) in [6.45, 7) is 4.32. The van der Waals surface area contributed by atoms with Gasteiger partial charge in [0.1, 0.15) is 0 Å². The lowest BCUT2D eigenvalue weighted by Crippen LogP contribution is -2.38. The summed E-state index contributed by atoms with van der Waals surface area (Å²) in [5.74, 6) is 1.93. The second-order valence-electron chi connectivity index (χ2n) is 4.57. The van der Waals surface area contributed by atoms with Crippen molar-refractivity contribution >= 4 is 29.4 Å². The van der Waals surface area contributed by atoms with Crippen LogP contribution in [0.2, 0.25) is 0 Å². The van der Waals surface area contributed by atoms with Gasteiger partial charge in [0.15, 0.2) is 0 Å². The van der Waals surface area contributed by atoms with Crippen LogP contribution in [-0.2, 0) is 4.79 Å². The molecule has 1 rings (SSSR count). The van der Waals surface area contributed by atoms with Crippen LogP contribution in [0, 0.1) is 0 Å². The average Bonchev–Trinajstić information content (AvgIpc) is 2.36. The zero-order chi connectivity index (χ0) is 12.7. The maximum Gasteiger partial charge on any atom is 0.232 e. The van der Waals surface area contributed by atoms with Crippen molar-refractivity contribution in [3.63, 3.8) is 0 Å². The third kappa shape index (κ3) is 5.53. The van der Waals surface area contributed by atoms with E-state index in [0.717, 1.165) is 18.8 Å². The van der Waals surface area contributed by atoms with Gasteiger partial charge in [-0.15, -0.1) is 11.8 Å². The lowest BCUT2D eigenvalue weighted by molar-refractivity contribution is -0.128. The fourth-order valence-corrected chi connectivity index (χ4v) is 3.71. The number of amides is 1. The Morgan fingerprint density at radius 1 is 1.47 bits per heavy atom.